The van der Waals surface area contributed by atoms with Crippen molar-refractivity contribution in [3.63, 3.8) is 0 Å². The molecule has 1 saturated carbocycles. The number of fused-ring (bicyclic) bond motifs is 1. The smallest absolute Gasteiger partial charge is 0.360 e. The summed E-state index contributed by atoms with van der Waals surface area (Å²) in [5.41, 5.74) is -0.389. The second kappa shape index (κ2) is 7.68. The molecule has 0 bridgehead atoms. The number of benzene rings is 1. The maximum absolute atomic E-state index is 12.5. The molecule has 3 rings (SSSR count). The van der Waals surface area contributed by atoms with Gasteiger partial charge in [0.2, 0.25) is 0 Å². The van der Waals surface area contributed by atoms with Gasteiger partial charge in [-0.3, -0.25) is 9.59 Å². The van der Waals surface area contributed by atoms with Gasteiger partial charge in [0.25, 0.3) is 11.5 Å². The highest BCUT2D eigenvalue weighted by Crippen LogP contribution is 2.24. The Bertz CT molecular complexity index is 876. The predicted molar refractivity (Wildman–Crippen MR) is 96.8 cm³/mol. The first-order valence-corrected chi connectivity index (χ1v) is 8.96. The molecule has 2 N–H and O–H groups in total. The van der Waals surface area contributed by atoms with E-state index in [9.17, 15) is 14.4 Å². The van der Waals surface area contributed by atoms with Crippen molar-refractivity contribution in [2.24, 2.45) is 5.92 Å². The molecule has 0 saturated heterocycles. The lowest BCUT2D eigenvalue weighted by Gasteiger charge is -2.30. The fraction of sp³-hybridized carbons (Fsp3) is 0.474. The van der Waals surface area contributed by atoms with Gasteiger partial charge in [0.1, 0.15) is 0 Å². The maximum atomic E-state index is 12.5. The second-order valence-electron chi connectivity index (χ2n) is 6.87. The number of esters is 1. The third kappa shape index (κ3) is 3.76. The standard InChI is InChI=1S/C19H23N3O4/c1-11-7-3-6-10-15(11)20-17(23)12(2)26-19(25)16-13-8-4-5-9-14(13)18(24)22-21-16/h4-5,8-9,11-12,15H,3,6-7,10H2,1-2H3,(H,20,23)(H,22,24)/t11-,12+,15-/m0/s1. The third-order valence-corrected chi connectivity index (χ3v) is 4.98. The lowest BCUT2D eigenvalue weighted by atomic mass is 9.86. The number of aromatic nitrogens is 2. The molecular formula is C19H23N3O4. The minimum absolute atomic E-state index is 0.00844. The summed E-state index contributed by atoms with van der Waals surface area (Å²) < 4.78 is 5.29. The zero-order valence-electron chi connectivity index (χ0n) is 15.0. The fourth-order valence-corrected chi connectivity index (χ4v) is 3.37. The number of hydrogen-bond donors (Lipinski definition) is 2. The van der Waals surface area contributed by atoms with E-state index in [1.807, 2.05) is 0 Å². The Hall–Kier alpha value is -2.70. The van der Waals surface area contributed by atoms with E-state index < -0.39 is 12.1 Å². The Balaban J connectivity index is 1.70. The number of nitrogens with zero attached hydrogens (tertiary/aromatic N) is 1. The zero-order chi connectivity index (χ0) is 18.7. The summed E-state index contributed by atoms with van der Waals surface area (Å²) >= 11 is 0. The average Bonchev–Trinajstić information content (AvgIpc) is 2.64. The van der Waals surface area contributed by atoms with E-state index in [2.05, 4.69) is 22.4 Å². The van der Waals surface area contributed by atoms with Gasteiger partial charge >= 0.3 is 5.97 Å². The maximum Gasteiger partial charge on any atom is 0.360 e. The van der Waals surface area contributed by atoms with Crippen molar-refractivity contribution >= 4 is 22.6 Å². The number of aromatic amines is 1. The molecule has 1 heterocycles. The Kier molecular flexibility index (Phi) is 5.35. The van der Waals surface area contributed by atoms with Crippen LogP contribution in [0.1, 0.15) is 50.0 Å². The van der Waals surface area contributed by atoms with Crippen molar-refractivity contribution in [3.8, 4) is 0 Å². The molecule has 0 spiro atoms. The zero-order valence-corrected chi connectivity index (χ0v) is 15.0. The molecule has 1 amide bonds. The Morgan fingerprint density at radius 3 is 2.65 bits per heavy atom. The van der Waals surface area contributed by atoms with Crippen LogP contribution in [0.15, 0.2) is 29.1 Å². The van der Waals surface area contributed by atoms with E-state index in [1.54, 1.807) is 24.3 Å². The van der Waals surface area contributed by atoms with Gasteiger partial charge in [0, 0.05) is 11.4 Å². The van der Waals surface area contributed by atoms with Crippen LogP contribution in [-0.2, 0) is 9.53 Å². The van der Waals surface area contributed by atoms with E-state index >= 15 is 0 Å². The molecule has 2 aromatic rings. The van der Waals surface area contributed by atoms with Crippen molar-refractivity contribution in [2.75, 3.05) is 0 Å². The van der Waals surface area contributed by atoms with Crippen molar-refractivity contribution in [3.05, 3.63) is 40.3 Å². The van der Waals surface area contributed by atoms with Gasteiger partial charge in [-0.05, 0) is 31.7 Å². The first kappa shape index (κ1) is 18.1. The van der Waals surface area contributed by atoms with Crippen molar-refractivity contribution < 1.29 is 14.3 Å². The van der Waals surface area contributed by atoms with Crippen molar-refractivity contribution in [1.29, 1.82) is 0 Å². The molecule has 3 atom stereocenters. The van der Waals surface area contributed by atoms with Crippen LogP contribution in [0.5, 0.6) is 0 Å². The summed E-state index contributed by atoms with van der Waals surface area (Å²) in [6, 6.07) is 6.76. The summed E-state index contributed by atoms with van der Waals surface area (Å²) in [6.45, 7) is 3.66. The van der Waals surface area contributed by atoms with Gasteiger partial charge in [-0.1, -0.05) is 38.0 Å². The molecular weight excluding hydrogens is 334 g/mol. The summed E-state index contributed by atoms with van der Waals surface area (Å²) in [7, 11) is 0. The quantitative estimate of drug-likeness (QED) is 0.817. The fourth-order valence-electron chi connectivity index (χ4n) is 3.37. The molecule has 0 aliphatic heterocycles. The van der Waals surface area contributed by atoms with Crippen LogP contribution >= 0.6 is 0 Å². The average molecular weight is 357 g/mol. The van der Waals surface area contributed by atoms with E-state index in [-0.39, 0.29) is 23.2 Å². The first-order chi connectivity index (χ1) is 12.5. The van der Waals surface area contributed by atoms with E-state index in [4.69, 9.17) is 4.74 Å². The number of H-pyrrole nitrogens is 1. The van der Waals surface area contributed by atoms with Gasteiger partial charge in [0.15, 0.2) is 11.8 Å². The van der Waals surface area contributed by atoms with E-state index in [0.717, 1.165) is 19.3 Å². The van der Waals surface area contributed by atoms with Gasteiger partial charge in [-0.15, -0.1) is 0 Å². The molecule has 1 aromatic carbocycles. The van der Waals surface area contributed by atoms with Crippen molar-refractivity contribution in [1.82, 2.24) is 15.5 Å². The summed E-state index contributed by atoms with van der Waals surface area (Å²) in [6.07, 6.45) is 3.37. The molecule has 1 aliphatic rings. The number of amides is 1. The molecule has 1 fully saturated rings. The molecule has 7 heteroatoms. The second-order valence-corrected chi connectivity index (χ2v) is 6.87. The van der Waals surface area contributed by atoms with Crippen LogP contribution in [0.2, 0.25) is 0 Å². The molecule has 7 nitrogen and oxygen atoms in total. The minimum Gasteiger partial charge on any atom is -0.448 e. The topological polar surface area (TPSA) is 101 Å². The Morgan fingerprint density at radius 2 is 1.92 bits per heavy atom. The number of rotatable bonds is 4. The molecule has 138 valence electrons. The van der Waals surface area contributed by atoms with Gasteiger partial charge in [-0.25, -0.2) is 9.89 Å². The SMILES string of the molecule is C[C@@H](OC(=O)c1n[nH]c(=O)c2ccccc12)C(=O)N[C@H]1CCCC[C@@H]1C. The summed E-state index contributed by atoms with van der Waals surface area (Å²) in [5, 5.41) is 9.82. The number of carbonyl (C=O) groups is 2. The third-order valence-electron chi connectivity index (χ3n) is 4.98. The Labute approximate surface area is 151 Å². The normalized spacial score (nSPS) is 21.2. The first-order valence-electron chi connectivity index (χ1n) is 8.96. The van der Waals surface area contributed by atoms with Gasteiger partial charge in [0.05, 0.1) is 5.39 Å². The number of carbonyl (C=O) groups excluding carboxylic acids is 2. The molecule has 0 radical (unpaired) electrons. The largest absolute Gasteiger partial charge is 0.448 e. The highest BCUT2D eigenvalue weighted by molar-refractivity contribution is 6.02. The highest BCUT2D eigenvalue weighted by atomic mass is 16.5. The molecule has 0 unspecified atom stereocenters. The van der Waals surface area contributed by atoms with Gasteiger partial charge in [-0.2, -0.15) is 5.10 Å². The predicted octanol–water partition coefficient (Wildman–Crippen LogP) is 2.16. The number of nitrogens with one attached hydrogen (secondary N) is 2. The van der Waals surface area contributed by atoms with Crippen LogP contribution in [0.3, 0.4) is 0 Å². The Morgan fingerprint density at radius 1 is 1.23 bits per heavy atom. The lowest BCUT2D eigenvalue weighted by Crippen LogP contribution is -2.46. The lowest BCUT2D eigenvalue weighted by molar-refractivity contribution is -0.130. The van der Waals surface area contributed by atoms with Crippen LogP contribution in [0.4, 0.5) is 0 Å². The molecule has 26 heavy (non-hydrogen) atoms. The number of hydrogen-bond acceptors (Lipinski definition) is 5. The summed E-state index contributed by atoms with van der Waals surface area (Å²) in [5.74, 6) is -0.636. The molecule has 1 aromatic heterocycles. The van der Waals surface area contributed by atoms with Gasteiger partial charge < -0.3 is 10.1 Å². The van der Waals surface area contributed by atoms with Crippen LogP contribution in [-0.4, -0.2) is 34.2 Å². The van der Waals surface area contributed by atoms with Crippen molar-refractivity contribution in [2.45, 2.75) is 51.7 Å². The van der Waals surface area contributed by atoms with E-state index in [1.165, 1.54) is 13.3 Å². The number of ether oxygens (including phenoxy) is 1. The van der Waals surface area contributed by atoms with Crippen LogP contribution in [0.25, 0.3) is 10.8 Å². The summed E-state index contributed by atoms with van der Waals surface area (Å²) in [4.78, 5) is 36.6. The van der Waals surface area contributed by atoms with Crippen LogP contribution in [0, 0.1) is 5.92 Å². The van der Waals surface area contributed by atoms with E-state index in [0.29, 0.717) is 16.7 Å². The minimum atomic E-state index is -0.941. The highest BCUT2D eigenvalue weighted by Gasteiger charge is 2.27. The monoisotopic (exact) mass is 357 g/mol. The molecule has 1 aliphatic carbocycles. The van der Waals surface area contributed by atoms with Crippen LogP contribution < -0.4 is 10.9 Å².